The largest absolute Gasteiger partial charge is 0.325 e. The van der Waals surface area contributed by atoms with Crippen LogP contribution < -0.4 is 10.6 Å². The van der Waals surface area contributed by atoms with Crippen LogP contribution in [0.15, 0.2) is 24.3 Å². The molecule has 6 heteroatoms. The zero-order valence-corrected chi connectivity index (χ0v) is 15.2. The second kappa shape index (κ2) is 8.14. The molecule has 2 rings (SSSR count). The highest BCUT2D eigenvalue weighted by molar-refractivity contribution is 6.09. The summed E-state index contributed by atoms with van der Waals surface area (Å²) >= 11 is 0. The summed E-state index contributed by atoms with van der Waals surface area (Å²) in [5.74, 6) is -0.712. The van der Waals surface area contributed by atoms with Gasteiger partial charge in [0.25, 0.3) is 5.91 Å². The van der Waals surface area contributed by atoms with Crippen molar-refractivity contribution in [2.75, 3.05) is 11.9 Å². The summed E-state index contributed by atoms with van der Waals surface area (Å²) in [6, 6.07) is 6.85. The molecule has 1 heterocycles. The highest BCUT2D eigenvalue weighted by atomic mass is 16.2. The van der Waals surface area contributed by atoms with Gasteiger partial charge in [-0.3, -0.25) is 14.5 Å². The van der Waals surface area contributed by atoms with Gasteiger partial charge in [-0.05, 0) is 32.4 Å². The Morgan fingerprint density at radius 2 is 1.84 bits per heavy atom. The van der Waals surface area contributed by atoms with Crippen LogP contribution in [-0.2, 0) is 9.59 Å². The highest BCUT2D eigenvalue weighted by Crippen LogP contribution is 2.24. The van der Waals surface area contributed by atoms with Gasteiger partial charge < -0.3 is 10.6 Å². The van der Waals surface area contributed by atoms with Crippen LogP contribution in [0, 0.1) is 6.92 Å². The van der Waals surface area contributed by atoms with E-state index in [-0.39, 0.29) is 18.4 Å². The molecular formula is C19H27N3O3. The molecule has 2 N–H and O–H groups in total. The number of unbranched alkanes of at least 4 members (excludes halogenated alkanes) is 3. The van der Waals surface area contributed by atoms with E-state index in [9.17, 15) is 14.4 Å². The predicted molar refractivity (Wildman–Crippen MR) is 97.2 cm³/mol. The molecule has 6 nitrogen and oxygen atoms in total. The van der Waals surface area contributed by atoms with Gasteiger partial charge in [0.1, 0.15) is 12.1 Å². The number of urea groups is 1. The van der Waals surface area contributed by atoms with Crippen molar-refractivity contribution in [3.05, 3.63) is 29.8 Å². The summed E-state index contributed by atoms with van der Waals surface area (Å²) < 4.78 is 0. The predicted octanol–water partition coefficient (Wildman–Crippen LogP) is 3.21. The second-order valence-corrected chi connectivity index (χ2v) is 6.88. The summed E-state index contributed by atoms with van der Waals surface area (Å²) in [7, 11) is 0. The maximum atomic E-state index is 12.6. The minimum atomic E-state index is -0.908. The highest BCUT2D eigenvalue weighted by Gasteiger charge is 2.47. The van der Waals surface area contributed by atoms with Crippen LogP contribution in [0.5, 0.6) is 0 Å². The molecule has 1 aromatic rings. The van der Waals surface area contributed by atoms with Crippen LogP contribution in [0.25, 0.3) is 0 Å². The van der Waals surface area contributed by atoms with Gasteiger partial charge in [-0.15, -0.1) is 0 Å². The Morgan fingerprint density at radius 3 is 2.48 bits per heavy atom. The van der Waals surface area contributed by atoms with E-state index in [1.54, 1.807) is 19.1 Å². The summed E-state index contributed by atoms with van der Waals surface area (Å²) in [5, 5.41) is 5.45. The lowest BCUT2D eigenvalue weighted by Gasteiger charge is -2.21. The van der Waals surface area contributed by atoms with E-state index < -0.39 is 11.6 Å². The molecule has 0 saturated carbocycles. The topological polar surface area (TPSA) is 78.5 Å². The zero-order valence-electron chi connectivity index (χ0n) is 15.2. The van der Waals surface area contributed by atoms with Gasteiger partial charge in [0.2, 0.25) is 5.91 Å². The van der Waals surface area contributed by atoms with Crippen molar-refractivity contribution in [1.82, 2.24) is 10.2 Å². The summed E-state index contributed by atoms with van der Waals surface area (Å²) in [6.07, 6.45) is 4.72. The molecule has 0 aliphatic carbocycles. The van der Waals surface area contributed by atoms with Gasteiger partial charge in [0.15, 0.2) is 0 Å². The van der Waals surface area contributed by atoms with E-state index in [1.165, 1.54) is 0 Å². The van der Waals surface area contributed by atoms with Gasteiger partial charge >= 0.3 is 6.03 Å². The van der Waals surface area contributed by atoms with Crippen molar-refractivity contribution in [3.8, 4) is 0 Å². The van der Waals surface area contributed by atoms with Crippen molar-refractivity contribution in [1.29, 1.82) is 0 Å². The Bertz CT molecular complexity index is 642. The van der Waals surface area contributed by atoms with Gasteiger partial charge in [-0.1, -0.05) is 50.3 Å². The third-order valence-corrected chi connectivity index (χ3v) is 4.51. The monoisotopic (exact) mass is 345 g/mol. The fourth-order valence-corrected chi connectivity index (χ4v) is 2.95. The van der Waals surface area contributed by atoms with Crippen LogP contribution in [0.3, 0.4) is 0 Å². The average molecular weight is 345 g/mol. The van der Waals surface area contributed by atoms with E-state index in [4.69, 9.17) is 0 Å². The maximum Gasteiger partial charge on any atom is 0.325 e. The average Bonchev–Trinajstić information content (AvgIpc) is 2.77. The number of rotatable bonds is 8. The van der Waals surface area contributed by atoms with Crippen LogP contribution >= 0.6 is 0 Å². The second-order valence-electron chi connectivity index (χ2n) is 6.88. The summed E-state index contributed by atoms with van der Waals surface area (Å²) in [5.41, 5.74) is 0.825. The first-order chi connectivity index (χ1) is 11.9. The number of amides is 4. The molecule has 0 bridgehead atoms. The Kier molecular flexibility index (Phi) is 6.17. The molecule has 25 heavy (non-hydrogen) atoms. The lowest BCUT2D eigenvalue weighted by molar-refractivity contribution is -0.133. The normalized spacial score (nSPS) is 19.9. The third kappa shape index (κ3) is 4.81. The molecule has 0 aromatic heterocycles. The first-order valence-corrected chi connectivity index (χ1v) is 8.86. The van der Waals surface area contributed by atoms with Crippen LogP contribution in [0.1, 0.15) is 51.5 Å². The van der Waals surface area contributed by atoms with E-state index >= 15 is 0 Å². The minimum absolute atomic E-state index is 0.275. The minimum Gasteiger partial charge on any atom is -0.325 e. The van der Waals surface area contributed by atoms with E-state index in [0.29, 0.717) is 12.1 Å². The van der Waals surface area contributed by atoms with Crippen LogP contribution in [0.2, 0.25) is 0 Å². The number of benzene rings is 1. The SMILES string of the molecule is CCCCCC[C@]1(C)NC(=O)N(CC(=O)Nc2ccc(C)cc2)C1=O. The van der Waals surface area contributed by atoms with Gasteiger partial charge in [-0.2, -0.15) is 0 Å². The molecule has 1 aromatic carbocycles. The van der Waals surface area contributed by atoms with Crippen molar-refractivity contribution in [3.63, 3.8) is 0 Å². The van der Waals surface area contributed by atoms with E-state index in [0.717, 1.165) is 36.1 Å². The molecule has 1 fully saturated rings. The quantitative estimate of drug-likeness (QED) is 0.561. The Morgan fingerprint density at radius 1 is 1.16 bits per heavy atom. The summed E-state index contributed by atoms with van der Waals surface area (Å²) in [6.45, 7) is 5.54. The molecule has 1 aliphatic heterocycles. The molecule has 4 amide bonds. The number of nitrogens with zero attached hydrogens (tertiary/aromatic N) is 1. The molecule has 1 atom stereocenters. The van der Waals surface area contributed by atoms with Crippen LogP contribution in [-0.4, -0.2) is 34.8 Å². The number of carbonyl (C=O) groups is 3. The van der Waals surface area contributed by atoms with E-state index in [1.807, 2.05) is 19.1 Å². The molecule has 136 valence electrons. The number of hydrogen-bond acceptors (Lipinski definition) is 3. The molecule has 0 unspecified atom stereocenters. The fraction of sp³-hybridized carbons (Fsp3) is 0.526. The first kappa shape index (κ1) is 19.0. The Labute approximate surface area is 149 Å². The fourth-order valence-electron chi connectivity index (χ4n) is 2.95. The Balaban J connectivity index is 1.92. The molecule has 1 aliphatic rings. The number of carbonyl (C=O) groups excluding carboxylic acids is 3. The van der Waals surface area contributed by atoms with Crippen LogP contribution in [0.4, 0.5) is 10.5 Å². The van der Waals surface area contributed by atoms with Gasteiger partial charge in [0.05, 0.1) is 0 Å². The molecule has 0 radical (unpaired) electrons. The number of imide groups is 1. The zero-order chi connectivity index (χ0) is 18.4. The van der Waals surface area contributed by atoms with E-state index in [2.05, 4.69) is 17.6 Å². The van der Waals surface area contributed by atoms with Gasteiger partial charge in [0, 0.05) is 5.69 Å². The Hall–Kier alpha value is -2.37. The van der Waals surface area contributed by atoms with Crippen molar-refractivity contribution in [2.45, 2.75) is 58.4 Å². The third-order valence-electron chi connectivity index (χ3n) is 4.51. The summed E-state index contributed by atoms with van der Waals surface area (Å²) in [4.78, 5) is 37.9. The molecular weight excluding hydrogens is 318 g/mol. The lowest BCUT2D eigenvalue weighted by Crippen LogP contribution is -2.44. The van der Waals surface area contributed by atoms with Crippen molar-refractivity contribution in [2.24, 2.45) is 0 Å². The number of hydrogen-bond donors (Lipinski definition) is 2. The first-order valence-electron chi connectivity index (χ1n) is 8.86. The maximum absolute atomic E-state index is 12.6. The standard InChI is InChI=1S/C19H27N3O3/c1-4-5-6-7-12-19(3)17(24)22(18(25)21-19)13-16(23)20-15-10-8-14(2)9-11-15/h8-11H,4-7,12-13H2,1-3H3,(H,20,23)(H,21,25)/t19-/m0/s1. The molecule has 1 saturated heterocycles. The van der Waals surface area contributed by atoms with Crippen molar-refractivity contribution < 1.29 is 14.4 Å². The van der Waals surface area contributed by atoms with Crippen molar-refractivity contribution >= 4 is 23.5 Å². The number of nitrogens with one attached hydrogen (secondary N) is 2. The number of aryl methyl sites for hydroxylation is 1. The lowest BCUT2D eigenvalue weighted by atomic mass is 9.94. The smallest absolute Gasteiger partial charge is 0.325 e. The molecule has 0 spiro atoms. The van der Waals surface area contributed by atoms with Gasteiger partial charge in [-0.25, -0.2) is 4.79 Å². The number of anilines is 1.